The smallest absolute Gasteiger partial charge is 0.493 e. The van der Waals surface area contributed by atoms with Gasteiger partial charge >= 0.3 is 12.1 Å². The zero-order chi connectivity index (χ0) is 24.0. The number of alkyl halides is 3. The van der Waals surface area contributed by atoms with Gasteiger partial charge in [0.15, 0.2) is 0 Å². The summed E-state index contributed by atoms with van der Waals surface area (Å²) in [6, 6.07) is 15.0. The van der Waals surface area contributed by atoms with E-state index in [4.69, 9.17) is 4.84 Å². The molecule has 0 saturated carbocycles. The number of phenolic OH excluding ortho intramolecular Hbond substituents is 1. The monoisotopic (exact) mass is 467 g/mol. The van der Waals surface area contributed by atoms with Crippen molar-refractivity contribution in [3.8, 4) is 28.3 Å². The molecule has 4 aromatic rings. The third-order valence-corrected chi connectivity index (χ3v) is 5.53. The number of nitrogens with one attached hydrogen (secondary N) is 1. The number of pyridine rings is 1. The van der Waals surface area contributed by atoms with Gasteiger partial charge in [-0.2, -0.15) is 17.9 Å². The second-order valence-corrected chi connectivity index (χ2v) is 7.74. The van der Waals surface area contributed by atoms with Gasteiger partial charge in [-0.15, -0.1) is 0 Å². The van der Waals surface area contributed by atoms with Crippen LogP contribution in [0.25, 0.3) is 33.3 Å². The maximum atomic E-state index is 12.9. The minimum Gasteiger partial charge on any atom is -0.508 e. The quantitative estimate of drug-likeness (QED) is 0.477. The van der Waals surface area contributed by atoms with Crippen LogP contribution >= 0.6 is 0 Å². The Labute approximate surface area is 190 Å². The molecule has 0 bridgehead atoms. The molecule has 34 heavy (non-hydrogen) atoms. The Morgan fingerprint density at radius 1 is 1.03 bits per heavy atom. The molecule has 0 atom stereocenters. The molecule has 2 aromatic heterocycles. The number of carbonyl (C=O) groups excluding carboxylic acids is 2. The molecule has 0 unspecified atom stereocenters. The summed E-state index contributed by atoms with van der Waals surface area (Å²) in [6.07, 6.45) is -3.52. The number of nitrogens with zero attached hydrogens (tertiary/aromatic N) is 2. The second-order valence-electron chi connectivity index (χ2n) is 7.74. The number of hydrogen-bond donors (Lipinski definition) is 2. The largest absolute Gasteiger partial charge is 0.508 e. The Hall–Kier alpha value is -4.34. The van der Waals surface area contributed by atoms with Crippen molar-refractivity contribution in [3.63, 3.8) is 0 Å². The van der Waals surface area contributed by atoms with Crippen LogP contribution in [0.4, 0.5) is 13.2 Å². The molecule has 0 spiro atoms. The maximum Gasteiger partial charge on any atom is 0.493 e. The van der Waals surface area contributed by atoms with Crippen molar-refractivity contribution >= 4 is 22.6 Å². The number of hydrogen-bond acceptors (Lipinski definition) is 5. The molecule has 172 valence electrons. The molecule has 0 saturated heterocycles. The number of aromatic hydroxyl groups is 1. The van der Waals surface area contributed by atoms with Crippen molar-refractivity contribution in [2.45, 2.75) is 12.6 Å². The number of benzene rings is 2. The Morgan fingerprint density at radius 2 is 1.79 bits per heavy atom. The minimum absolute atomic E-state index is 0.119. The molecule has 1 amide bonds. The van der Waals surface area contributed by atoms with Gasteiger partial charge in [-0.1, -0.05) is 18.2 Å². The SMILES string of the molecule is O=C1NCCc2c1cc(-c1ccnc(-c3ccc4cc(O)ccc4c3)c1)n2OC(=O)C(F)(F)F. The summed E-state index contributed by atoms with van der Waals surface area (Å²) in [6.45, 7) is 0.201. The van der Waals surface area contributed by atoms with E-state index in [0.717, 1.165) is 21.1 Å². The molecule has 7 nitrogen and oxygen atoms in total. The summed E-state index contributed by atoms with van der Waals surface area (Å²) >= 11 is 0. The van der Waals surface area contributed by atoms with Gasteiger partial charge in [0.05, 0.1) is 22.6 Å². The lowest BCUT2D eigenvalue weighted by molar-refractivity contribution is -0.199. The van der Waals surface area contributed by atoms with Crippen LogP contribution in [0.2, 0.25) is 0 Å². The third kappa shape index (κ3) is 3.83. The van der Waals surface area contributed by atoms with Crippen molar-refractivity contribution in [2.24, 2.45) is 0 Å². The summed E-state index contributed by atoms with van der Waals surface area (Å²) < 4.78 is 39.6. The van der Waals surface area contributed by atoms with E-state index >= 15 is 0 Å². The Bertz CT molecular complexity index is 1460. The lowest BCUT2D eigenvalue weighted by Gasteiger charge is -2.17. The molecular formula is C24H16F3N3O4. The van der Waals surface area contributed by atoms with E-state index in [1.807, 2.05) is 12.1 Å². The highest BCUT2D eigenvalue weighted by Crippen LogP contribution is 2.32. The number of aromatic nitrogens is 2. The Balaban J connectivity index is 1.61. The molecular weight excluding hydrogens is 451 g/mol. The first-order chi connectivity index (χ1) is 16.2. The number of fused-ring (bicyclic) bond motifs is 2. The number of amides is 1. The first-order valence-electron chi connectivity index (χ1n) is 10.2. The maximum absolute atomic E-state index is 12.9. The van der Waals surface area contributed by atoms with E-state index in [1.54, 1.807) is 36.4 Å². The first kappa shape index (κ1) is 21.5. The molecule has 0 radical (unpaired) electrons. The Morgan fingerprint density at radius 3 is 2.59 bits per heavy atom. The van der Waals surface area contributed by atoms with Crippen LogP contribution in [-0.4, -0.2) is 39.4 Å². The first-order valence-corrected chi connectivity index (χ1v) is 10.2. The van der Waals surface area contributed by atoms with Crippen LogP contribution < -0.4 is 10.2 Å². The van der Waals surface area contributed by atoms with E-state index in [2.05, 4.69) is 10.3 Å². The van der Waals surface area contributed by atoms with Gasteiger partial charge in [0.1, 0.15) is 5.75 Å². The fourth-order valence-electron chi connectivity index (χ4n) is 3.94. The average molecular weight is 467 g/mol. The van der Waals surface area contributed by atoms with Crippen LogP contribution in [0.1, 0.15) is 16.1 Å². The summed E-state index contributed by atoms with van der Waals surface area (Å²) in [5.41, 5.74) is 2.10. The van der Waals surface area contributed by atoms with Crippen LogP contribution in [0.3, 0.4) is 0 Å². The highest BCUT2D eigenvalue weighted by Gasteiger charge is 2.43. The standard InChI is InChI=1S/C24H16F3N3O4/c25-24(26,27)23(33)34-30-20-6-8-29-22(32)18(20)12-21(30)16-5-7-28-19(11-16)15-2-1-14-10-17(31)4-3-13(14)9-15/h1-5,7,9-12,31H,6,8H2,(H,29,32). The second kappa shape index (κ2) is 7.91. The van der Waals surface area contributed by atoms with Gasteiger partial charge in [0, 0.05) is 30.3 Å². The van der Waals surface area contributed by atoms with Crippen molar-refractivity contribution in [2.75, 3.05) is 6.54 Å². The van der Waals surface area contributed by atoms with Crippen LogP contribution in [-0.2, 0) is 11.2 Å². The number of halogens is 3. The fourth-order valence-corrected chi connectivity index (χ4v) is 3.94. The van der Waals surface area contributed by atoms with Gasteiger partial charge in [0.25, 0.3) is 5.91 Å². The number of rotatable bonds is 3. The van der Waals surface area contributed by atoms with Crippen molar-refractivity contribution in [1.82, 2.24) is 15.0 Å². The highest BCUT2D eigenvalue weighted by molar-refractivity contribution is 5.98. The van der Waals surface area contributed by atoms with E-state index in [1.165, 1.54) is 12.3 Å². The third-order valence-electron chi connectivity index (χ3n) is 5.53. The van der Waals surface area contributed by atoms with Gasteiger partial charge in [-0.25, -0.2) is 4.79 Å². The van der Waals surface area contributed by atoms with Crippen LogP contribution in [0, 0.1) is 0 Å². The van der Waals surface area contributed by atoms with E-state index in [-0.39, 0.29) is 35.7 Å². The fraction of sp³-hybridized carbons (Fsp3) is 0.125. The van der Waals surface area contributed by atoms with Crippen LogP contribution in [0.5, 0.6) is 5.75 Å². The van der Waals surface area contributed by atoms with Gasteiger partial charge in [-0.3, -0.25) is 9.78 Å². The van der Waals surface area contributed by atoms with E-state index in [0.29, 0.717) is 11.3 Å². The molecule has 5 rings (SSSR count). The van der Waals surface area contributed by atoms with Crippen molar-refractivity contribution in [3.05, 3.63) is 72.1 Å². The molecule has 2 N–H and O–H groups in total. The lowest BCUT2D eigenvalue weighted by atomic mass is 10.0. The molecule has 10 heteroatoms. The van der Waals surface area contributed by atoms with Gasteiger partial charge in [0.2, 0.25) is 0 Å². The van der Waals surface area contributed by atoms with Gasteiger partial charge < -0.3 is 15.3 Å². The zero-order valence-electron chi connectivity index (χ0n) is 17.4. The predicted molar refractivity (Wildman–Crippen MR) is 116 cm³/mol. The predicted octanol–water partition coefficient (Wildman–Crippen LogP) is 3.88. The van der Waals surface area contributed by atoms with E-state index < -0.39 is 18.1 Å². The molecule has 2 aromatic carbocycles. The molecule has 1 aliphatic heterocycles. The van der Waals surface area contributed by atoms with E-state index in [9.17, 15) is 27.9 Å². The minimum atomic E-state index is -5.20. The summed E-state index contributed by atoms with van der Waals surface area (Å²) in [5.74, 6) is -2.70. The highest BCUT2D eigenvalue weighted by atomic mass is 19.4. The molecule has 3 heterocycles. The number of phenols is 1. The lowest BCUT2D eigenvalue weighted by Crippen LogP contribution is -2.37. The van der Waals surface area contributed by atoms with Crippen molar-refractivity contribution < 1.29 is 32.7 Å². The molecule has 0 fully saturated rings. The molecule has 1 aliphatic rings. The summed E-state index contributed by atoms with van der Waals surface area (Å²) in [5, 5.41) is 14.0. The summed E-state index contributed by atoms with van der Waals surface area (Å²) in [7, 11) is 0. The topological polar surface area (TPSA) is 93.5 Å². The molecule has 0 aliphatic carbocycles. The van der Waals surface area contributed by atoms with Crippen LogP contribution in [0.15, 0.2) is 60.8 Å². The Kier molecular flexibility index (Phi) is 5.00. The normalized spacial score (nSPS) is 13.4. The average Bonchev–Trinajstić information content (AvgIpc) is 3.18. The zero-order valence-corrected chi connectivity index (χ0v) is 17.4. The number of carbonyl (C=O) groups is 2. The summed E-state index contributed by atoms with van der Waals surface area (Å²) in [4.78, 5) is 33.0. The van der Waals surface area contributed by atoms with Gasteiger partial charge in [-0.05, 0) is 47.2 Å². The van der Waals surface area contributed by atoms with Crippen molar-refractivity contribution in [1.29, 1.82) is 0 Å².